The van der Waals surface area contributed by atoms with Crippen LogP contribution in [-0.4, -0.2) is 36.8 Å². The number of fused-ring (bicyclic) bond motifs is 1. The maximum atomic E-state index is 9.70. The summed E-state index contributed by atoms with van der Waals surface area (Å²) in [4.78, 5) is 12.6. The van der Waals surface area contributed by atoms with Crippen LogP contribution < -0.4 is 0 Å². The summed E-state index contributed by atoms with van der Waals surface area (Å²) in [5, 5.41) is 9.70. The van der Waals surface area contributed by atoms with Gasteiger partial charge in [-0.2, -0.15) is 0 Å². The van der Waals surface area contributed by atoms with Gasteiger partial charge in [0.1, 0.15) is 18.1 Å². The van der Waals surface area contributed by atoms with E-state index in [-0.39, 0.29) is 12.3 Å². The number of rotatable bonds is 1. The van der Waals surface area contributed by atoms with Crippen molar-refractivity contribution in [3.8, 4) is 0 Å². The highest BCUT2D eigenvalue weighted by Gasteiger charge is 2.32. The van der Waals surface area contributed by atoms with Crippen molar-refractivity contribution in [1.82, 2.24) is 19.5 Å². The van der Waals surface area contributed by atoms with Crippen molar-refractivity contribution in [2.75, 3.05) is 0 Å². The molecule has 0 bridgehead atoms. The second-order valence-electron chi connectivity index (χ2n) is 4.38. The van der Waals surface area contributed by atoms with E-state index in [0.29, 0.717) is 6.42 Å². The van der Waals surface area contributed by atoms with Gasteiger partial charge in [-0.25, -0.2) is 15.0 Å². The second-order valence-corrected chi connectivity index (χ2v) is 4.38. The van der Waals surface area contributed by atoms with Crippen molar-refractivity contribution < 1.29 is 9.84 Å². The maximum Gasteiger partial charge on any atom is 0.165 e. The molecular formula is C11H14N4O2. The van der Waals surface area contributed by atoms with Gasteiger partial charge in [0.2, 0.25) is 0 Å². The minimum absolute atomic E-state index is 0.152. The molecule has 0 unspecified atom stereocenters. The molecule has 1 aliphatic rings. The summed E-state index contributed by atoms with van der Waals surface area (Å²) in [7, 11) is 0. The van der Waals surface area contributed by atoms with Crippen LogP contribution >= 0.6 is 0 Å². The van der Waals surface area contributed by atoms with Gasteiger partial charge in [0, 0.05) is 6.42 Å². The van der Waals surface area contributed by atoms with Gasteiger partial charge in [0.05, 0.1) is 24.2 Å². The summed E-state index contributed by atoms with van der Waals surface area (Å²) in [6.07, 6.45) is 3.00. The number of aryl methyl sites for hydroxylation is 1. The molecular weight excluding hydrogens is 220 g/mol. The topological polar surface area (TPSA) is 73.1 Å². The molecule has 1 N–H and O–H groups in total. The second kappa shape index (κ2) is 3.75. The van der Waals surface area contributed by atoms with E-state index in [2.05, 4.69) is 15.0 Å². The average Bonchev–Trinajstić information content (AvgIpc) is 2.85. The van der Waals surface area contributed by atoms with Crippen molar-refractivity contribution in [3.63, 3.8) is 0 Å². The molecule has 1 aliphatic heterocycles. The smallest absolute Gasteiger partial charge is 0.165 e. The van der Waals surface area contributed by atoms with Gasteiger partial charge in [0.25, 0.3) is 0 Å². The number of aliphatic hydroxyl groups is 1. The van der Waals surface area contributed by atoms with Gasteiger partial charge in [-0.15, -0.1) is 0 Å². The molecule has 6 heteroatoms. The Bertz CT molecular complexity index is 543. The minimum Gasteiger partial charge on any atom is -0.390 e. The Morgan fingerprint density at radius 1 is 1.41 bits per heavy atom. The highest BCUT2D eigenvalue weighted by Crippen LogP contribution is 2.30. The zero-order chi connectivity index (χ0) is 12.0. The van der Waals surface area contributed by atoms with Crippen LogP contribution in [-0.2, 0) is 4.74 Å². The molecule has 0 aromatic carbocycles. The average molecular weight is 234 g/mol. The monoisotopic (exact) mass is 234 g/mol. The van der Waals surface area contributed by atoms with E-state index in [1.165, 1.54) is 6.33 Å². The highest BCUT2D eigenvalue weighted by atomic mass is 16.5. The van der Waals surface area contributed by atoms with Crippen LogP contribution in [0.4, 0.5) is 0 Å². The van der Waals surface area contributed by atoms with Gasteiger partial charge in [0.15, 0.2) is 5.65 Å². The van der Waals surface area contributed by atoms with E-state index in [9.17, 15) is 5.11 Å². The van der Waals surface area contributed by atoms with Crippen LogP contribution in [0.5, 0.6) is 0 Å². The van der Waals surface area contributed by atoms with Crippen LogP contribution in [0.2, 0.25) is 0 Å². The Morgan fingerprint density at radius 2 is 2.24 bits per heavy atom. The maximum absolute atomic E-state index is 9.70. The van der Waals surface area contributed by atoms with Crippen LogP contribution in [0.3, 0.4) is 0 Å². The Balaban J connectivity index is 2.04. The number of ether oxygens (including phenoxy) is 1. The number of imidazole rings is 1. The molecule has 0 radical (unpaired) electrons. The predicted molar refractivity (Wildman–Crippen MR) is 60.3 cm³/mol. The first kappa shape index (κ1) is 10.6. The van der Waals surface area contributed by atoms with E-state index < -0.39 is 6.10 Å². The van der Waals surface area contributed by atoms with Crippen LogP contribution in [0, 0.1) is 6.92 Å². The normalized spacial score (nSPS) is 29.0. The Hall–Kier alpha value is -1.53. The number of hydrogen-bond acceptors (Lipinski definition) is 5. The predicted octanol–water partition coefficient (Wildman–Crippen LogP) is 0.803. The van der Waals surface area contributed by atoms with Crippen molar-refractivity contribution in [3.05, 3.63) is 18.3 Å². The molecule has 0 saturated carbocycles. The van der Waals surface area contributed by atoms with E-state index in [1.807, 2.05) is 18.4 Å². The lowest BCUT2D eigenvalue weighted by atomic mass is 10.2. The molecule has 90 valence electrons. The van der Waals surface area contributed by atoms with E-state index >= 15 is 0 Å². The largest absolute Gasteiger partial charge is 0.390 e. The summed E-state index contributed by atoms with van der Waals surface area (Å²) in [5.74, 6) is 0. The summed E-state index contributed by atoms with van der Waals surface area (Å²) in [5.41, 5.74) is 2.38. The molecule has 6 nitrogen and oxygen atoms in total. The molecule has 17 heavy (non-hydrogen) atoms. The lowest BCUT2D eigenvalue weighted by Gasteiger charge is -2.12. The van der Waals surface area contributed by atoms with Crippen LogP contribution in [0.15, 0.2) is 12.7 Å². The van der Waals surface area contributed by atoms with Gasteiger partial charge >= 0.3 is 0 Å². The summed E-state index contributed by atoms with van der Waals surface area (Å²) >= 11 is 0. The summed E-state index contributed by atoms with van der Waals surface area (Å²) in [6.45, 7) is 3.76. The third-order valence-electron chi connectivity index (χ3n) is 3.21. The van der Waals surface area contributed by atoms with E-state index in [1.54, 1.807) is 6.33 Å². The third-order valence-corrected chi connectivity index (χ3v) is 3.21. The summed E-state index contributed by atoms with van der Waals surface area (Å²) < 4.78 is 7.54. The Morgan fingerprint density at radius 3 is 2.94 bits per heavy atom. The van der Waals surface area contributed by atoms with E-state index in [0.717, 1.165) is 16.9 Å². The zero-order valence-corrected chi connectivity index (χ0v) is 9.74. The SMILES string of the molecule is Cc1ncnc2c1ncn2[C@H]1C[C@H](O)[C@@H](C)O1. The summed E-state index contributed by atoms with van der Waals surface area (Å²) in [6, 6.07) is 0. The first-order chi connectivity index (χ1) is 8.16. The van der Waals surface area contributed by atoms with Crippen molar-refractivity contribution in [1.29, 1.82) is 0 Å². The first-order valence-electron chi connectivity index (χ1n) is 5.64. The van der Waals surface area contributed by atoms with Gasteiger partial charge in [-0.3, -0.25) is 4.57 Å². The molecule has 3 atom stereocenters. The van der Waals surface area contributed by atoms with E-state index in [4.69, 9.17) is 4.74 Å². The fraction of sp³-hybridized carbons (Fsp3) is 0.545. The molecule has 1 saturated heterocycles. The minimum atomic E-state index is -0.430. The number of aromatic nitrogens is 4. The standard InChI is InChI=1S/C11H14N4O2/c1-6-10-11(13-4-12-6)15(5-14-10)9-3-8(16)7(2)17-9/h4-5,7-9,16H,3H2,1-2H3/t7-,8+,9-/m1/s1. The quantitative estimate of drug-likeness (QED) is 0.790. The Labute approximate surface area is 98.3 Å². The molecule has 0 spiro atoms. The zero-order valence-electron chi connectivity index (χ0n) is 9.74. The first-order valence-corrected chi connectivity index (χ1v) is 5.64. The molecule has 3 heterocycles. The van der Waals surface area contributed by atoms with Crippen LogP contribution in [0.25, 0.3) is 11.2 Å². The molecule has 0 amide bonds. The molecule has 3 rings (SSSR count). The van der Waals surface area contributed by atoms with Crippen LogP contribution in [0.1, 0.15) is 25.3 Å². The number of nitrogens with zero attached hydrogens (tertiary/aromatic N) is 4. The molecule has 0 aliphatic carbocycles. The fourth-order valence-corrected chi connectivity index (χ4v) is 2.15. The number of aliphatic hydroxyl groups excluding tert-OH is 1. The van der Waals surface area contributed by atoms with Gasteiger partial charge < -0.3 is 9.84 Å². The van der Waals surface area contributed by atoms with Crippen molar-refractivity contribution in [2.45, 2.75) is 38.7 Å². The highest BCUT2D eigenvalue weighted by molar-refractivity contribution is 5.72. The number of hydrogen-bond donors (Lipinski definition) is 1. The third kappa shape index (κ3) is 1.60. The lowest BCUT2D eigenvalue weighted by Crippen LogP contribution is -2.15. The van der Waals surface area contributed by atoms with Crippen molar-refractivity contribution in [2.24, 2.45) is 0 Å². The van der Waals surface area contributed by atoms with Crippen molar-refractivity contribution >= 4 is 11.2 Å². The van der Waals surface area contributed by atoms with Gasteiger partial charge in [-0.1, -0.05) is 0 Å². The Kier molecular flexibility index (Phi) is 2.34. The fourth-order valence-electron chi connectivity index (χ4n) is 2.15. The molecule has 2 aromatic rings. The molecule has 1 fully saturated rings. The molecule has 2 aromatic heterocycles. The van der Waals surface area contributed by atoms with Gasteiger partial charge in [-0.05, 0) is 13.8 Å². The lowest BCUT2D eigenvalue weighted by molar-refractivity contribution is -0.00632.